The molecule has 0 aliphatic rings. The first-order valence-corrected chi connectivity index (χ1v) is 6.98. The standard InChI is InChI=1S/C12H8Cl2N2O2S/c13-9-3-1-8(2-4-9)7-19-12-6-10(16(17)18)5-11(14)15-12/h1-6H,7H2. The lowest BCUT2D eigenvalue weighted by Gasteiger charge is -2.02. The molecule has 1 aromatic carbocycles. The van der Waals surface area contributed by atoms with Gasteiger partial charge in [-0.2, -0.15) is 0 Å². The van der Waals surface area contributed by atoms with Crippen LogP contribution in [0.25, 0.3) is 0 Å². The van der Waals surface area contributed by atoms with Gasteiger partial charge in [0.2, 0.25) is 0 Å². The highest BCUT2D eigenvalue weighted by molar-refractivity contribution is 7.98. The summed E-state index contributed by atoms with van der Waals surface area (Å²) in [5.41, 5.74) is 0.998. The number of pyridine rings is 1. The minimum absolute atomic E-state index is 0.0568. The lowest BCUT2D eigenvalue weighted by Crippen LogP contribution is -1.91. The van der Waals surface area contributed by atoms with Gasteiger partial charge in [0, 0.05) is 16.8 Å². The fourth-order valence-corrected chi connectivity index (χ4v) is 2.63. The van der Waals surface area contributed by atoms with Crippen LogP contribution in [0.15, 0.2) is 41.4 Å². The second-order valence-corrected chi connectivity index (χ2v) is 5.48. The van der Waals surface area contributed by atoms with Gasteiger partial charge in [0.1, 0.15) is 10.2 Å². The highest BCUT2D eigenvalue weighted by Crippen LogP contribution is 2.27. The van der Waals surface area contributed by atoms with Crippen molar-refractivity contribution in [2.24, 2.45) is 0 Å². The summed E-state index contributed by atoms with van der Waals surface area (Å²) in [6.45, 7) is 0. The van der Waals surface area contributed by atoms with E-state index in [2.05, 4.69) is 4.98 Å². The van der Waals surface area contributed by atoms with Crippen LogP contribution in [0.3, 0.4) is 0 Å². The minimum Gasteiger partial charge on any atom is -0.258 e. The quantitative estimate of drug-likeness (QED) is 0.358. The molecule has 1 heterocycles. The van der Waals surface area contributed by atoms with E-state index < -0.39 is 4.92 Å². The molecule has 0 radical (unpaired) electrons. The first-order chi connectivity index (χ1) is 9.04. The molecule has 0 unspecified atom stereocenters. The van der Waals surface area contributed by atoms with E-state index in [1.54, 1.807) is 12.1 Å². The number of nitro groups is 1. The molecule has 0 saturated heterocycles. The fourth-order valence-electron chi connectivity index (χ4n) is 1.38. The normalized spacial score (nSPS) is 10.4. The van der Waals surface area contributed by atoms with Gasteiger partial charge in [-0.3, -0.25) is 10.1 Å². The lowest BCUT2D eigenvalue weighted by atomic mass is 10.2. The zero-order chi connectivity index (χ0) is 13.8. The molecule has 19 heavy (non-hydrogen) atoms. The third-order valence-electron chi connectivity index (χ3n) is 2.27. The maximum Gasteiger partial charge on any atom is 0.275 e. The van der Waals surface area contributed by atoms with Gasteiger partial charge in [-0.25, -0.2) is 4.98 Å². The Morgan fingerprint density at radius 2 is 1.89 bits per heavy atom. The fraction of sp³-hybridized carbons (Fsp3) is 0.0833. The molecule has 98 valence electrons. The van der Waals surface area contributed by atoms with Gasteiger partial charge < -0.3 is 0 Å². The molecule has 0 fully saturated rings. The van der Waals surface area contributed by atoms with E-state index in [1.165, 1.54) is 23.9 Å². The van der Waals surface area contributed by atoms with Crippen molar-refractivity contribution in [1.29, 1.82) is 0 Å². The number of halogens is 2. The molecule has 0 aliphatic heterocycles. The zero-order valence-corrected chi connectivity index (χ0v) is 11.9. The molecule has 4 nitrogen and oxygen atoms in total. The van der Waals surface area contributed by atoms with Crippen molar-refractivity contribution in [2.75, 3.05) is 0 Å². The van der Waals surface area contributed by atoms with Crippen molar-refractivity contribution in [3.8, 4) is 0 Å². The van der Waals surface area contributed by atoms with Crippen LogP contribution in [0.2, 0.25) is 10.2 Å². The van der Waals surface area contributed by atoms with Crippen molar-refractivity contribution in [3.63, 3.8) is 0 Å². The number of aromatic nitrogens is 1. The second-order valence-electron chi connectivity index (χ2n) is 3.66. The summed E-state index contributed by atoms with van der Waals surface area (Å²) in [5.74, 6) is 0.641. The first-order valence-electron chi connectivity index (χ1n) is 5.24. The number of thioether (sulfide) groups is 1. The van der Waals surface area contributed by atoms with E-state index in [-0.39, 0.29) is 10.8 Å². The maximum absolute atomic E-state index is 10.7. The van der Waals surface area contributed by atoms with Gasteiger partial charge in [0.25, 0.3) is 5.69 Å². The van der Waals surface area contributed by atoms with Gasteiger partial charge in [-0.05, 0) is 17.7 Å². The van der Waals surface area contributed by atoms with E-state index in [4.69, 9.17) is 23.2 Å². The number of rotatable bonds is 4. The van der Waals surface area contributed by atoms with Crippen molar-refractivity contribution >= 4 is 40.7 Å². The van der Waals surface area contributed by atoms with E-state index in [1.807, 2.05) is 12.1 Å². The van der Waals surface area contributed by atoms with Crippen LogP contribution in [0.5, 0.6) is 0 Å². The molecule has 2 aromatic rings. The monoisotopic (exact) mass is 314 g/mol. The van der Waals surface area contributed by atoms with Crippen LogP contribution >= 0.6 is 35.0 Å². The average Bonchev–Trinajstić information content (AvgIpc) is 2.37. The summed E-state index contributed by atoms with van der Waals surface area (Å²) in [6, 6.07) is 10.0. The van der Waals surface area contributed by atoms with Crippen molar-refractivity contribution in [3.05, 3.63) is 62.3 Å². The minimum atomic E-state index is -0.486. The summed E-state index contributed by atoms with van der Waals surface area (Å²) >= 11 is 12.9. The van der Waals surface area contributed by atoms with Crippen molar-refractivity contribution in [2.45, 2.75) is 10.8 Å². The van der Waals surface area contributed by atoms with Crippen LogP contribution in [0.4, 0.5) is 5.69 Å². The topological polar surface area (TPSA) is 56.0 Å². The molecule has 1 aromatic heterocycles. The van der Waals surface area contributed by atoms with Crippen molar-refractivity contribution < 1.29 is 4.92 Å². The molecule has 0 amide bonds. The highest BCUT2D eigenvalue weighted by atomic mass is 35.5. The third kappa shape index (κ3) is 4.09. The zero-order valence-electron chi connectivity index (χ0n) is 9.55. The largest absolute Gasteiger partial charge is 0.275 e. The molecular weight excluding hydrogens is 307 g/mol. The van der Waals surface area contributed by atoms with Crippen LogP contribution in [-0.2, 0) is 5.75 Å². The first kappa shape index (κ1) is 14.1. The van der Waals surface area contributed by atoms with E-state index >= 15 is 0 Å². The Balaban J connectivity index is 2.11. The molecule has 0 N–H and O–H groups in total. The molecule has 0 aliphatic carbocycles. The summed E-state index contributed by atoms with van der Waals surface area (Å²) in [4.78, 5) is 14.3. The Bertz CT molecular complexity index is 605. The summed E-state index contributed by atoms with van der Waals surface area (Å²) in [7, 11) is 0. The van der Waals surface area contributed by atoms with Gasteiger partial charge in [-0.1, -0.05) is 35.3 Å². The van der Waals surface area contributed by atoms with Crippen LogP contribution in [0.1, 0.15) is 5.56 Å². The van der Waals surface area contributed by atoms with E-state index in [9.17, 15) is 10.1 Å². The summed E-state index contributed by atoms with van der Waals surface area (Å²) in [5, 5.41) is 12.0. The Morgan fingerprint density at radius 1 is 1.21 bits per heavy atom. The van der Waals surface area contributed by atoms with Gasteiger partial charge in [0.05, 0.1) is 11.0 Å². The van der Waals surface area contributed by atoms with Crippen molar-refractivity contribution in [1.82, 2.24) is 4.98 Å². The van der Waals surface area contributed by atoms with Gasteiger partial charge in [0.15, 0.2) is 0 Å². The number of hydrogen-bond acceptors (Lipinski definition) is 4. The van der Waals surface area contributed by atoms with Gasteiger partial charge in [-0.15, -0.1) is 11.8 Å². The Hall–Kier alpha value is -1.30. The van der Waals surface area contributed by atoms with Gasteiger partial charge >= 0.3 is 0 Å². The highest BCUT2D eigenvalue weighted by Gasteiger charge is 2.10. The molecule has 0 atom stereocenters. The summed E-state index contributed by atoms with van der Waals surface area (Å²) < 4.78 is 0. The molecular formula is C12H8Cl2N2O2S. The number of nitrogens with zero attached hydrogens (tertiary/aromatic N) is 2. The predicted molar refractivity (Wildman–Crippen MR) is 76.9 cm³/mol. The SMILES string of the molecule is O=[N+]([O-])c1cc(Cl)nc(SCc2ccc(Cl)cc2)c1. The molecule has 0 spiro atoms. The second kappa shape index (κ2) is 6.23. The Kier molecular flexibility index (Phi) is 4.63. The maximum atomic E-state index is 10.7. The molecule has 7 heteroatoms. The predicted octanol–water partition coefficient (Wildman–Crippen LogP) is 4.59. The number of hydrogen-bond donors (Lipinski definition) is 0. The molecule has 2 rings (SSSR count). The Labute approximate surface area is 123 Å². The van der Waals surface area contributed by atoms with Crippen LogP contribution < -0.4 is 0 Å². The lowest BCUT2D eigenvalue weighted by molar-refractivity contribution is -0.385. The molecule has 0 saturated carbocycles. The number of benzene rings is 1. The Morgan fingerprint density at radius 3 is 2.53 bits per heavy atom. The smallest absolute Gasteiger partial charge is 0.258 e. The van der Waals surface area contributed by atoms with E-state index in [0.717, 1.165) is 5.56 Å². The van der Waals surface area contributed by atoms with Crippen LogP contribution in [0, 0.1) is 10.1 Å². The molecule has 0 bridgehead atoms. The summed E-state index contributed by atoms with van der Waals surface area (Å²) in [6.07, 6.45) is 0. The van der Waals surface area contributed by atoms with E-state index in [0.29, 0.717) is 15.8 Å². The van der Waals surface area contributed by atoms with Crippen LogP contribution in [-0.4, -0.2) is 9.91 Å². The average molecular weight is 315 g/mol. The third-order valence-corrected chi connectivity index (χ3v) is 3.69.